The van der Waals surface area contributed by atoms with Gasteiger partial charge in [0.15, 0.2) is 0 Å². The molecule has 4 heteroatoms. The Morgan fingerprint density at radius 1 is 1.09 bits per heavy atom. The minimum absolute atomic E-state index is 0.257. The smallest absolute Gasteiger partial charge is 0.124 e. The molecule has 3 nitrogen and oxygen atoms in total. The number of para-hydroxylation sites is 1. The summed E-state index contributed by atoms with van der Waals surface area (Å²) in [5.74, 6) is 1.05. The molecule has 0 unspecified atom stereocenters. The van der Waals surface area contributed by atoms with E-state index in [0.717, 1.165) is 23.4 Å². The number of rotatable bonds is 8. The van der Waals surface area contributed by atoms with Gasteiger partial charge in [-0.05, 0) is 42.7 Å². The van der Waals surface area contributed by atoms with Gasteiger partial charge in [-0.1, -0.05) is 32.0 Å². The Morgan fingerprint density at radius 3 is 2.59 bits per heavy atom. The van der Waals surface area contributed by atoms with Gasteiger partial charge in [0, 0.05) is 17.8 Å². The Balaban J connectivity index is 1.92. The highest BCUT2D eigenvalue weighted by atomic mass is 19.1. The molecular weight excluding hydrogens is 279 g/mol. The number of ether oxygens (including phenoxy) is 1. The monoisotopic (exact) mass is 302 g/mol. The molecule has 2 rings (SSSR count). The summed E-state index contributed by atoms with van der Waals surface area (Å²) in [6.07, 6.45) is 0.979. The highest BCUT2D eigenvalue weighted by Crippen LogP contribution is 2.20. The predicted octanol–water partition coefficient (Wildman–Crippen LogP) is 4.37. The van der Waals surface area contributed by atoms with Gasteiger partial charge in [0.2, 0.25) is 0 Å². The van der Waals surface area contributed by atoms with Crippen molar-refractivity contribution in [1.82, 2.24) is 5.43 Å². The summed E-state index contributed by atoms with van der Waals surface area (Å²) < 4.78 is 19.2. The van der Waals surface area contributed by atoms with Crippen LogP contribution >= 0.6 is 0 Å². The Hall–Kier alpha value is -2.07. The first-order valence-electron chi connectivity index (χ1n) is 7.60. The average Bonchev–Trinajstić information content (AvgIpc) is 2.50. The van der Waals surface area contributed by atoms with Crippen molar-refractivity contribution >= 4 is 5.69 Å². The second kappa shape index (κ2) is 8.39. The van der Waals surface area contributed by atoms with Crippen molar-refractivity contribution in [2.24, 2.45) is 5.92 Å². The summed E-state index contributed by atoms with van der Waals surface area (Å²) in [5.41, 5.74) is 7.93. The first-order chi connectivity index (χ1) is 10.6. The zero-order valence-corrected chi connectivity index (χ0v) is 13.1. The van der Waals surface area contributed by atoms with E-state index >= 15 is 0 Å². The van der Waals surface area contributed by atoms with Crippen molar-refractivity contribution in [2.45, 2.75) is 26.8 Å². The van der Waals surface area contributed by atoms with Crippen molar-refractivity contribution < 1.29 is 9.13 Å². The van der Waals surface area contributed by atoms with Crippen LogP contribution in [0.15, 0.2) is 48.5 Å². The number of halogens is 1. The third-order valence-corrected chi connectivity index (χ3v) is 3.26. The molecule has 0 aromatic heterocycles. The van der Waals surface area contributed by atoms with Crippen molar-refractivity contribution in [1.29, 1.82) is 0 Å². The van der Waals surface area contributed by atoms with Crippen molar-refractivity contribution in [3.05, 3.63) is 59.9 Å². The molecule has 0 heterocycles. The van der Waals surface area contributed by atoms with E-state index in [1.165, 1.54) is 12.1 Å². The molecule has 0 radical (unpaired) electrons. The van der Waals surface area contributed by atoms with Crippen LogP contribution in [0.1, 0.15) is 25.8 Å². The number of nitrogens with one attached hydrogen (secondary N) is 2. The van der Waals surface area contributed by atoms with E-state index in [4.69, 9.17) is 4.74 Å². The van der Waals surface area contributed by atoms with Crippen molar-refractivity contribution in [3.63, 3.8) is 0 Å². The lowest BCUT2D eigenvalue weighted by atomic mass is 10.1. The topological polar surface area (TPSA) is 33.3 Å². The fourth-order valence-corrected chi connectivity index (χ4v) is 1.99. The standard InChI is InChI=1S/C18H23FN2O/c1-14(2)10-11-22-18-9-8-16(19)12-15(18)13-20-21-17-6-4-3-5-7-17/h3-9,12,14,20-21H,10-11,13H2,1-2H3. The molecule has 0 amide bonds. The van der Waals surface area contributed by atoms with Crippen LogP contribution in [-0.2, 0) is 6.54 Å². The number of hydrogen-bond acceptors (Lipinski definition) is 3. The molecule has 0 fully saturated rings. The minimum Gasteiger partial charge on any atom is -0.493 e. The van der Waals surface area contributed by atoms with E-state index in [9.17, 15) is 4.39 Å². The van der Waals surface area contributed by atoms with Crippen LogP contribution in [0.3, 0.4) is 0 Å². The van der Waals surface area contributed by atoms with Gasteiger partial charge in [-0.3, -0.25) is 0 Å². The molecule has 0 saturated carbocycles. The molecule has 2 aromatic rings. The van der Waals surface area contributed by atoms with E-state index in [2.05, 4.69) is 24.7 Å². The Morgan fingerprint density at radius 2 is 1.86 bits per heavy atom. The maximum atomic E-state index is 13.4. The summed E-state index contributed by atoms with van der Waals surface area (Å²) >= 11 is 0. The summed E-state index contributed by atoms with van der Waals surface area (Å²) in [6, 6.07) is 14.4. The van der Waals surface area contributed by atoms with Gasteiger partial charge >= 0.3 is 0 Å². The molecular formula is C18H23FN2O. The van der Waals surface area contributed by atoms with Crippen LogP contribution in [-0.4, -0.2) is 6.61 Å². The molecule has 118 valence electrons. The Kier molecular flexibility index (Phi) is 6.22. The summed E-state index contributed by atoms with van der Waals surface area (Å²) in [7, 11) is 0. The minimum atomic E-state index is -0.257. The maximum absolute atomic E-state index is 13.4. The van der Waals surface area contributed by atoms with Gasteiger partial charge in [0.25, 0.3) is 0 Å². The normalized spacial score (nSPS) is 10.7. The zero-order chi connectivity index (χ0) is 15.8. The van der Waals surface area contributed by atoms with Crippen molar-refractivity contribution in [2.75, 3.05) is 12.0 Å². The van der Waals surface area contributed by atoms with Crippen molar-refractivity contribution in [3.8, 4) is 5.75 Å². The number of benzene rings is 2. The van der Waals surface area contributed by atoms with E-state index in [1.54, 1.807) is 6.07 Å². The SMILES string of the molecule is CC(C)CCOc1ccc(F)cc1CNNc1ccccc1. The highest BCUT2D eigenvalue weighted by Gasteiger charge is 2.06. The van der Waals surface area contributed by atoms with Crippen LogP contribution in [0.4, 0.5) is 10.1 Å². The van der Waals surface area contributed by atoms with Crippen LogP contribution < -0.4 is 15.6 Å². The van der Waals surface area contributed by atoms with Gasteiger partial charge < -0.3 is 10.2 Å². The lowest BCUT2D eigenvalue weighted by molar-refractivity contribution is 0.286. The van der Waals surface area contributed by atoms with Crippen LogP contribution in [0.5, 0.6) is 5.75 Å². The maximum Gasteiger partial charge on any atom is 0.124 e. The van der Waals surface area contributed by atoms with Gasteiger partial charge in [0.1, 0.15) is 11.6 Å². The fourth-order valence-electron chi connectivity index (χ4n) is 1.99. The van der Waals surface area contributed by atoms with E-state index in [1.807, 2.05) is 30.3 Å². The quantitative estimate of drug-likeness (QED) is 0.711. The molecule has 0 spiro atoms. The van der Waals surface area contributed by atoms with Gasteiger partial charge in [-0.25, -0.2) is 9.82 Å². The molecule has 0 aliphatic carbocycles. The predicted molar refractivity (Wildman–Crippen MR) is 88.3 cm³/mol. The molecule has 22 heavy (non-hydrogen) atoms. The van der Waals surface area contributed by atoms with Gasteiger partial charge in [-0.2, -0.15) is 0 Å². The molecule has 0 saturated heterocycles. The van der Waals surface area contributed by atoms with Crippen LogP contribution in [0, 0.1) is 11.7 Å². The second-order valence-corrected chi connectivity index (χ2v) is 5.63. The Bertz CT molecular complexity index is 573. The molecule has 0 aliphatic heterocycles. The summed E-state index contributed by atoms with van der Waals surface area (Å²) in [6.45, 7) is 5.42. The number of hydrazine groups is 1. The Labute approximate surface area is 131 Å². The largest absolute Gasteiger partial charge is 0.493 e. The van der Waals surface area contributed by atoms with Crippen LogP contribution in [0.2, 0.25) is 0 Å². The average molecular weight is 302 g/mol. The van der Waals surface area contributed by atoms with Gasteiger partial charge in [0.05, 0.1) is 6.61 Å². The van der Waals surface area contributed by atoms with Gasteiger partial charge in [-0.15, -0.1) is 0 Å². The van der Waals surface area contributed by atoms with Crippen LogP contribution in [0.25, 0.3) is 0 Å². The first kappa shape index (κ1) is 16.3. The van der Waals surface area contributed by atoms with E-state index in [-0.39, 0.29) is 5.82 Å². The molecule has 0 bridgehead atoms. The van der Waals surface area contributed by atoms with E-state index in [0.29, 0.717) is 19.1 Å². The summed E-state index contributed by atoms with van der Waals surface area (Å²) in [4.78, 5) is 0. The number of anilines is 1. The molecule has 2 N–H and O–H groups in total. The lowest BCUT2D eigenvalue weighted by Gasteiger charge is -2.14. The third-order valence-electron chi connectivity index (χ3n) is 3.26. The summed E-state index contributed by atoms with van der Waals surface area (Å²) in [5, 5.41) is 0. The first-order valence-corrected chi connectivity index (χ1v) is 7.60. The van der Waals surface area contributed by atoms with E-state index < -0.39 is 0 Å². The third kappa shape index (κ3) is 5.37. The second-order valence-electron chi connectivity index (χ2n) is 5.63. The fraction of sp³-hybridized carbons (Fsp3) is 0.333. The molecule has 0 atom stereocenters. The molecule has 0 aliphatic rings. The lowest BCUT2D eigenvalue weighted by Crippen LogP contribution is -2.21. The number of hydrogen-bond donors (Lipinski definition) is 2. The highest BCUT2D eigenvalue weighted by molar-refractivity contribution is 5.41. The molecule has 2 aromatic carbocycles. The zero-order valence-electron chi connectivity index (χ0n) is 13.1.